The fraction of sp³-hybridized carbons (Fsp3) is 0.600. The van der Waals surface area contributed by atoms with Crippen molar-refractivity contribution in [3.63, 3.8) is 0 Å². The maximum Gasteiger partial charge on any atom is 0.0952 e. The summed E-state index contributed by atoms with van der Waals surface area (Å²) in [6.45, 7) is 7.23. The largest absolute Gasteiger partial charge is 0.380 e. The third kappa shape index (κ3) is 4.61. The zero-order chi connectivity index (χ0) is 14.4. The van der Waals surface area contributed by atoms with Gasteiger partial charge in [0.25, 0.3) is 0 Å². The second-order valence-corrected chi connectivity index (χ2v) is 5.76. The van der Waals surface area contributed by atoms with Gasteiger partial charge in [-0.1, -0.05) is 36.2 Å². The van der Waals surface area contributed by atoms with E-state index in [0.29, 0.717) is 10.0 Å². The summed E-state index contributed by atoms with van der Waals surface area (Å²) in [4.78, 5) is 2.37. The first-order valence-corrected chi connectivity index (χ1v) is 7.83. The molecule has 1 atom stereocenters. The Morgan fingerprint density at radius 3 is 2.90 bits per heavy atom. The summed E-state index contributed by atoms with van der Waals surface area (Å²) in [7, 11) is 0. The number of halogens is 2. The Morgan fingerprint density at radius 1 is 1.30 bits per heavy atom. The smallest absolute Gasteiger partial charge is 0.0952 e. The van der Waals surface area contributed by atoms with Gasteiger partial charge in [0, 0.05) is 26.2 Å². The van der Waals surface area contributed by atoms with E-state index in [2.05, 4.69) is 11.8 Å². The number of hydrogen-bond donors (Lipinski definition) is 0. The van der Waals surface area contributed by atoms with Gasteiger partial charge in [0.1, 0.15) is 0 Å². The van der Waals surface area contributed by atoms with Gasteiger partial charge in [-0.3, -0.25) is 4.90 Å². The molecule has 0 amide bonds. The van der Waals surface area contributed by atoms with Crippen LogP contribution in [-0.2, 0) is 9.47 Å². The Balaban J connectivity index is 1.87. The van der Waals surface area contributed by atoms with Crippen LogP contribution in [0.2, 0.25) is 10.0 Å². The zero-order valence-electron chi connectivity index (χ0n) is 11.8. The molecule has 1 aliphatic heterocycles. The normalized spacial score (nSPS) is 20.2. The highest BCUT2D eigenvalue weighted by atomic mass is 35.5. The van der Waals surface area contributed by atoms with E-state index in [0.717, 1.165) is 51.4 Å². The predicted octanol–water partition coefficient (Wildman–Crippen LogP) is 3.79. The van der Waals surface area contributed by atoms with Crippen LogP contribution < -0.4 is 0 Å². The van der Waals surface area contributed by atoms with E-state index in [1.807, 2.05) is 18.2 Å². The SMILES string of the molecule is CCCOCCN1CCO[C@@H](c2ccc(Cl)c(Cl)c2)C1. The molecule has 0 saturated carbocycles. The quantitative estimate of drug-likeness (QED) is 0.745. The highest BCUT2D eigenvalue weighted by Crippen LogP contribution is 2.28. The van der Waals surface area contributed by atoms with Crippen molar-refractivity contribution in [1.29, 1.82) is 0 Å². The molecule has 1 saturated heterocycles. The minimum absolute atomic E-state index is 0.0599. The van der Waals surface area contributed by atoms with Gasteiger partial charge >= 0.3 is 0 Å². The summed E-state index contributed by atoms with van der Waals surface area (Å²) >= 11 is 12.0. The molecule has 20 heavy (non-hydrogen) atoms. The summed E-state index contributed by atoms with van der Waals surface area (Å²) in [6, 6.07) is 5.70. The first-order valence-electron chi connectivity index (χ1n) is 7.07. The fourth-order valence-electron chi connectivity index (χ4n) is 2.26. The van der Waals surface area contributed by atoms with Crippen LogP contribution in [0.15, 0.2) is 18.2 Å². The summed E-state index contributed by atoms with van der Waals surface area (Å²) in [6.07, 6.45) is 1.12. The molecule has 0 bridgehead atoms. The molecule has 1 fully saturated rings. The highest BCUT2D eigenvalue weighted by Gasteiger charge is 2.22. The molecular weight excluding hydrogens is 297 g/mol. The fourth-order valence-corrected chi connectivity index (χ4v) is 2.57. The molecule has 0 aliphatic carbocycles. The first kappa shape index (κ1) is 16.1. The number of hydrogen-bond acceptors (Lipinski definition) is 3. The van der Waals surface area contributed by atoms with Gasteiger partial charge in [-0.15, -0.1) is 0 Å². The van der Waals surface area contributed by atoms with E-state index in [4.69, 9.17) is 32.7 Å². The highest BCUT2D eigenvalue weighted by molar-refractivity contribution is 6.42. The van der Waals surface area contributed by atoms with Crippen molar-refractivity contribution in [2.45, 2.75) is 19.4 Å². The summed E-state index contributed by atoms with van der Waals surface area (Å²) < 4.78 is 11.4. The van der Waals surface area contributed by atoms with Crippen LogP contribution in [0.25, 0.3) is 0 Å². The topological polar surface area (TPSA) is 21.7 Å². The van der Waals surface area contributed by atoms with Gasteiger partial charge in [-0.05, 0) is 24.1 Å². The third-order valence-corrected chi connectivity index (χ3v) is 4.11. The van der Waals surface area contributed by atoms with Gasteiger partial charge in [0.05, 0.1) is 29.4 Å². The van der Waals surface area contributed by atoms with Gasteiger partial charge in [0.2, 0.25) is 0 Å². The van der Waals surface area contributed by atoms with Crippen LogP contribution in [-0.4, -0.2) is 44.4 Å². The number of morpholine rings is 1. The lowest BCUT2D eigenvalue weighted by Crippen LogP contribution is -2.40. The maximum atomic E-state index is 6.07. The molecule has 0 N–H and O–H groups in total. The number of nitrogens with zero attached hydrogens (tertiary/aromatic N) is 1. The molecule has 1 aromatic carbocycles. The molecule has 112 valence electrons. The van der Waals surface area contributed by atoms with E-state index >= 15 is 0 Å². The summed E-state index contributed by atoms with van der Waals surface area (Å²) in [5.41, 5.74) is 1.08. The monoisotopic (exact) mass is 317 g/mol. The van der Waals surface area contributed by atoms with Crippen LogP contribution >= 0.6 is 23.2 Å². The Kier molecular flexibility index (Phi) is 6.59. The standard InChI is InChI=1S/C15H21Cl2NO2/c1-2-7-19-8-5-18-6-9-20-15(11-18)12-3-4-13(16)14(17)10-12/h3-4,10,15H,2,5-9,11H2,1H3/t15-/m1/s1. The molecular formula is C15H21Cl2NO2. The van der Waals surface area contributed by atoms with Crippen molar-refractivity contribution in [3.05, 3.63) is 33.8 Å². The molecule has 0 unspecified atom stereocenters. The van der Waals surface area contributed by atoms with Crippen molar-refractivity contribution in [3.8, 4) is 0 Å². The van der Waals surface area contributed by atoms with Crippen molar-refractivity contribution < 1.29 is 9.47 Å². The van der Waals surface area contributed by atoms with Crippen LogP contribution in [0.1, 0.15) is 25.0 Å². The Labute approximate surface area is 130 Å². The molecule has 1 aromatic rings. The molecule has 3 nitrogen and oxygen atoms in total. The molecule has 0 spiro atoms. The zero-order valence-corrected chi connectivity index (χ0v) is 13.3. The molecule has 0 aromatic heterocycles. The predicted molar refractivity (Wildman–Crippen MR) is 82.7 cm³/mol. The van der Waals surface area contributed by atoms with Crippen LogP contribution in [0.5, 0.6) is 0 Å². The Morgan fingerprint density at radius 2 is 2.15 bits per heavy atom. The minimum atomic E-state index is 0.0599. The van der Waals surface area contributed by atoms with Crippen LogP contribution in [0.3, 0.4) is 0 Å². The van der Waals surface area contributed by atoms with Gasteiger partial charge in [0.15, 0.2) is 0 Å². The van der Waals surface area contributed by atoms with E-state index in [1.165, 1.54) is 0 Å². The van der Waals surface area contributed by atoms with E-state index in [-0.39, 0.29) is 6.10 Å². The van der Waals surface area contributed by atoms with E-state index in [9.17, 15) is 0 Å². The second kappa shape index (κ2) is 8.20. The lowest BCUT2D eigenvalue weighted by atomic mass is 10.1. The Bertz CT molecular complexity index is 428. The van der Waals surface area contributed by atoms with Crippen molar-refractivity contribution in [1.82, 2.24) is 4.90 Å². The van der Waals surface area contributed by atoms with Gasteiger partial charge in [-0.2, -0.15) is 0 Å². The molecule has 5 heteroatoms. The number of ether oxygens (including phenoxy) is 2. The number of benzene rings is 1. The molecule has 1 heterocycles. The average Bonchev–Trinajstić information content (AvgIpc) is 2.47. The first-order chi connectivity index (χ1) is 9.70. The average molecular weight is 318 g/mol. The van der Waals surface area contributed by atoms with Crippen molar-refractivity contribution in [2.24, 2.45) is 0 Å². The molecule has 1 aliphatic rings. The summed E-state index contributed by atoms with van der Waals surface area (Å²) in [5, 5.41) is 1.16. The van der Waals surface area contributed by atoms with E-state index < -0.39 is 0 Å². The minimum Gasteiger partial charge on any atom is -0.380 e. The lowest BCUT2D eigenvalue weighted by molar-refractivity contribution is -0.0377. The Hall–Kier alpha value is -0.320. The van der Waals surface area contributed by atoms with E-state index in [1.54, 1.807) is 0 Å². The van der Waals surface area contributed by atoms with Crippen LogP contribution in [0.4, 0.5) is 0 Å². The third-order valence-electron chi connectivity index (χ3n) is 3.37. The second-order valence-electron chi connectivity index (χ2n) is 4.95. The maximum absolute atomic E-state index is 6.07. The van der Waals surface area contributed by atoms with Gasteiger partial charge < -0.3 is 9.47 Å². The lowest BCUT2D eigenvalue weighted by Gasteiger charge is -2.33. The number of rotatable bonds is 6. The van der Waals surface area contributed by atoms with Gasteiger partial charge in [-0.25, -0.2) is 0 Å². The molecule has 2 rings (SSSR count). The molecule has 0 radical (unpaired) electrons. The summed E-state index contributed by atoms with van der Waals surface area (Å²) in [5.74, 6) is 0. The van der Waals surface area contributed by atoms with Crippen molar-refractivity contribution in [2.75, 3.05) is 39.5 Å². The van der Waals surface area contributed by atoms with Crippen LogP contribution in [0, 0.1) is 0 Å². The van der Waals surface area contributed by atoms with Crippen molar-refractivity contribution >= 4 is 23.2 Å².